The van der Waals surface area contributed by atoms with E-state index in [1.54, 1.807) is 20.7 Å². The summed E-state index contributed by atoms with van der Waals surface area (Å²) < 4.78 is 0. The van der Waals surface area contributed by atoms with E-state index < -0.39 is 53.1 Å². The van der Waals surface area contributed by atoms with Crippen LogP contribution in [0.1, 0.15) is 50.7 Å². The zero-order chi connectivity index (χ0) is 53.0. The van der Waals surface area contributed by atoms with E-state index in [1.165, 1.54) is 116 Å². The first-order valence-electron chi connectivity index (χ1n) is 26.4. The van der Waals surface area contributed by atoms with Crippen LogP contribution in [0.2, 0.25) is 91.7 Å². The average molecular weight is 1160 g/mol. The molecule has 0 N–H and O–H groups in total. The molecule has 0 unspecified atom stereocenters. The Hall–Kier alpha value is -2.91. The van der Waals surface area contributed by atoms with Crippen LogP contribution in [0.25, 0.3) is 66.1 Å². The Bertz CT molecular complexity index is 2690. The number of benzene rings is 6. The maximum absolute atomic E-state index is 4.93. The fraction of sp³-hybridized carbons (Fsp3) is 0.344. The van der Waals surface area contributed by atoms with Gasteiger partial charge in [0.1, 0.15) is 0 Å². The first kappa shape index (κ1) is 60.0. The van der Waals surface area contributed by atoms with Crippen molar-refractivity contribution in [3.8, 4) is 44.5 Å². The van der Waals surface area contributed by atoms with Crippen molar-refractivity contribution in [1.29, 1.82) is 0 Å². The van der Waals surface area contributed by atoms with Gasteiger partial charge in [-0.3, -0.25) is 0 Å². The molecule has 0 nitrogen and oxygen atoms in total. The molecule has 0 spiro atoms. The van der Waals surface area contributed by atoms with Gasteiger partial charge in [0.05, 0.1) is 32.3 Å². The van der Waals surface area contributed by atoms with Crippen LogP contribution in [0.5, 0.6) is 0 Å². The summed E-state index contributed by atoms with van der Waals surface area (Å²) in [5.41, 5.74) is 13.9. The van der Waals surface area contributed by atoms with Gasteiger partial charge in [-0.1, -0.05) is 272 Å². The Morgan fingerprint density at radius 2 is 0.708 bits per heavy atom. The van der Waals surface area contributed by atoms with Gasteiger partial charge in [0.15, 0.2) is 0 Å². The van der Waals surface area contributed by atoms with Crippen LogP contribution in [-0.4, -0.2) is 41.8 Å². The molecular weight excluding hydrogens is 1070 g/mol. The van der Waals surface area contributed by atoms with Crippen molar-refractivity contribution >= 4 is 101 Å². The second-order valence-electron chi connectivity index (χ2n) is 23.8. The van der Waals surface area contributed by atoms with Gasteiger partial charge in [0, 0.05) is 9.52 Å². The van der Waals surface area contributed by atoms with Crippen molar-refractivity contribution in [1.82, 2.24) is 0 Å². The van der Waals surface area contributed by atoms with Gasteiger partial charge >= 0.3 is 37.9 Å². The van der Waals surface area contributed by atoms with Gasteiger partial charge in [-0.2, -0.15) is 12.1 Å². The standard InChI is InChI=1S/2C31H39Si2.C2H6Si.2ClH.Zr/c2*1-8-9-13-23-18-25-16-17-29(24-14-11-10-12-15-24)31(30(25)19-23)26-20-27(32(2,3)4)22-28(21-26)33(5,6)7;1-3-2;;;/h2*10-12,14-22H,8-9,13H2,1-7H3;1-2H3;2*1H;/q2*-1;;;;+4/p-2. The van der Waals surface area contributed by atoms with E-state index in [2.05, 4.69) is 251 Å². The molecule has 0 aliphatic carbocycles. The molecule has 8 aromatic carbocycles. The minimum atomic E-state index is -1.46. The summed E-state index contributed by atoms with van der Waals surface area (Å²) >= 11 is -0.826. The summed E-state index contributed by atoms with van der Waals surface area (Å²) in [4.78, 5) is 0. The number of fused-ring (bicyclic) bond motifs is 2. The van der Waals surface area contributed by atoms with Crippen molar-refractivity contribution in [2.75, 3.05) is 0 Å². The Morgan fingerprint density at radius 1 is 0.417 bits per heavy atom. The van der Waals surface area contributed by atoms with Crippen molar-refractivity contribution in [3.05, 3.63) is 157 Å². The van der Waals surface area contributed by atoms with E-state index in [0.717, 1.165) is 9.52 Å². The first-order valence-corrected chi connectivity index (χ1v) is 48.7. The van der Waals surface area contributed by atoms with Crippen LogP contribution in [0, 0.1) is 0 Å². The quantitative estimate of drug-likeness (QED) is 0.0752. The van der Waals surface area contributed by atoms with Gasteiger partial charge in [-0.05, 0) is 46.2 Å². The predicted molar refractivity (Wildman–Crippen MR) is 339 cm³/mol. The Kier molecular flexibility index (Phi) is 22.3. The van der Waals surface area contributed by atoms with Crippen LogP contribution in [0.3, 0.4) is 0 Å². The van der Waals surface area contributed by atoms with Gasteiger partial charge in [0.25, 0.3) is 0 Å². The van der Waals surface area contributed by atoms with E-state index in [1.807, 2.05) is 0 Å². The van der Waals surface area contributed by atoms with E-state index >= 15 is 0 Å². The van der Waals surface area contributed by atoms with Gasteiger partial charge in [-0.15, -0.1) is 56.9 Å². The van der Waals surface area contributed by atoms with Crippen LogP contribution in [0.4, 0.5) is 0 Å². The van der Waals surface area contributed by atoms with Crippen molar-refractivity contribution in [2.24, 2.45) is 0 Å². The molecule has 378 valence electrons. The number of rotatable bonds is 14. The monoisotopic (exact) mass is 1150 g/mol. The molecule has 2 radical (unpaired) electrons. The molecule has 0 aromatic heterocycles. The molecule has 0 heterocycles. The van der Waals surface area contributed by atoms with Gasteiger partial charge in [0.2, 0.25) is 0 Å². The third-order valence-electron chi connectivity index (χ3n) is 13.6. The molecule has 0 fully saturated rings. The first-order chi connectivity index (χ1) is 34.0. The third-order valence-corrected chi connectivity index (χ3v) is 21.7. The van der Waals surface area contributed by atoms with Crippen molar-refractivity contribution in [2.45, 2.75) is 144 Å². The number of halogens is 2. The second-order valence-corrected chi connectivity index (χ2v) is 48.9. The Morgan fingerprint density at radius 3 is 0.972 bits per heavy atom. The molecule has 0 aliphatic rings. The molecule has 0 bridgehead atoms. The summed E-state index contributed by atoms with van der Waals surface area (Å²) in [6.07, 6.45) is 7.31. The fourth-order valence-corrected chi connectivity index (χ4v) is 14.3. The second kappa shape index (κ2) is 26.7. The van der Waals surface area contributed by atoms with E-state index in [4.69, 9.17) is 17.0 Å². The number of unbranched alkanes of at least 4 members (excludes halogenated alkanes) is 2. The van der Waals surface area contributed by atoms with E-state index in [-0.39, 0.29) is 0 Å². The van der Waals surface area contributed by atoms with Crippen LogP contribution in [-0.2, 0) is 33.7 Å². The van der Waals surface area contributed by atoms with Gasteiger partial charge < -0.3 is 0 Å². The van der Waals surface area contributed by atoms with E-state index in [0.29, 0.717) is 0 Å². The number of hydrogen-bond donors (Lipinski definition) is 0. The van der Waals surface area contributed by atoms with Gasteiger partial charge in [-0.25, -0.2) is 0 Å². The molecule has 0 saturated carbocycles. The third kappa shape index (κ3) is 16.1. The average Bonchev–Trinajstić information content (AvgIpc) is 3.96. The predicted octanol–water partition coefficient (Wildman–Crippen LogP) is 18.8. The van der Waals surface area contributed by atoms with Crippen molar-refractivity contribution in [3.63, 3.8) is 0 Å². The molecule has 0 saturated heterocycles. The topological polar surface area (TPSA) is 0 Å². The Balaban J connectivity index is 0.000000241. The molecule has 8 aromatic rings. The summed E-state index contributed by atoms with van der Waals surface area (Å²) in [5.74, 6) is 0. The fourth-order valence-electron chi connectivity index (χ4n) is 9.35. The maximum atomic E-state index is 4.93. The zero-order valence-electron chi connectivity index (χ0n) is 46.9. The SMILES string of the molecule is CCCCc1cc2c(-c3cc([Si](C)(C)C)cc([Si](C)(C)C)c3)c(-c3ccccc3)ccc2[cH-]1.CCCCc1cc2c(-c3cc([Si](C)(C)C)cc([Si](C)(C)C)c3)c(-c3ccccc3)ccc2[cH-]1.C[Si]C.[Cl][Zr+2][Cl]. The number of aryl methyl sites for hydroxylation is 2. The van der Waals surface area contributed by atoms with Crippen LogP contribution >= 0.6 is 17.0 Å². The molecule has 0 atom stereocenters. The van der Waals surface area contributed by atoms with Crippen molar-refractivity contribution < 1.29 is 20.8 Å². The molecule has 0 amide bonds. The van der Waals surface area contributed by atoms with Crippen LogP contribution < -0.4 is 20.7 Å². The molecular formula is C64H84Cl2Si5Zr. The molecule has 8 heteroatoms. The summed E-state index contributed by atoms with van der Waals surface area (Å²) in [6.45, 7) is 38.6. The Labute approximate surface area is 463 Å². The summed E-state index contributed by atoms with van der Waals surface area (Å²) in [7, 11) is 5.10. The van der Waals surface area contributed by atoms with Crippen LogP contribution in [0.15, 0.2) is 146 Å². The summed E-state index contributed by atoms with van der Waals surface area (Å²) in [6, 6.07) is 56.2. The minimum absolute atomic E-state index is 0.826. The molecule has 0 aliphatic heterocycles. The molecule has 72 heavy (non-hydrogen) atoms. The van der Waals surface area contributed by atoms with E-state index in [9.17, 15) is 0 Å². The number of hydrogen-bond acceptors (Lipinski definition) is 0. The molecule has 8 rings (SSSR count). The zero-order valence-corrected chi connectivity index (χ0v) is 55.8. The normalized spacial score (nSPS) is 11.8. The summed E-state index contributed by atoms with van der Waals surface area (Å²) in [5, 5.41) is 11.9.